The molecule has 0 aliphatic carbocycles. The number of amides is 1. The summed E-state index contributed by atoms with van der Waals surface area (Å²) in [5.74, 6) is 0.191. The zero-order valence-electron chi connectivity index (χ0n) is 17.5. The molecule has 32 heavy (non-hydrogen) atoms. The minimum absolute atomic E-state index is 0.0144. The van der Waals surface area contributed by atoms with Gasteiger partial charge in [0, 0.05) is 24.4 Å². The van der Waals surface area contributed by atoms with Crippen LogP contribution in [0.1, 0.15) is 27.3 Å². The van der Waals surface area contributed by atoms with E-state index in [-0.39, 0.29) is 17.9 Å². The Kier molecular flexibility index (Phi) is 6.52. The van der Waals surface area contributed by atoms with Crippen LogP contribution in [0.4, 0.5) is 13.2 Å². The number of aryl methyl sites for hydroxylation is 1. The zero-order chi connectivity index (χ0) is 23.5. The molecule has 0 aliphatic rings. The lowest BCUT2D eigenvalue weighted by molar-refractivity contribution is -0.137. The monoisotopic (exact) mass is 447 g/mol. The van der Waals surface area contributed by atoms with Crippen molar-refractivity contribution in [2.24, 2.45) is 0 Å². The number of methoxy groups -OCH3 is 2. The van der Waals surface area contributed by atoms with Crippen LogP contribution in [0.2, 0.25) is 0 Å². The molecule has 0 saturated heterocycles. The number of ether oxygens (including phenoxy) is 2. The number of nitrogens with one attached hydrogen (secondary N) is 1. The number of rotatable bonds is 6. The molecular formula is C22H20F3N3O4. The highest BCUT2D eigenvalue weighted by Crippen LogP contribution is 2.33. The Morgan fingerprint density at radius 3 is 2.28 bits per heavy atom. The van der Waals surface area contributed by atoms with Gasteiger partial charge in [-0.25, -0.2) is 4.68 Å². The molecule has 0 atom stereocenters. The van der Waals surface area contributed by atoms with Gasteiger partial charge >= 0.3 is 6.18 Å². The number of hydrogen-bond donors (Lipinski definition) is 1. The fourth-order valence-corrected chi connectivity index (χ4v) is 3.08. The van der Waals surface area contributed by atoms with Crippen molar-refractivity contribution in [1.82, 2.24) is 15.1 Å². The van der Waals surface area contributed by atoms with Crippen molar-refractivity contribution >= 4 is 5.91 Å². The molecule has 3 aromatic rings. The minimum atomic E-state index is -4.64. The predicted molar refractivity (Wildman–Crippen MR) is 110 cm³/mol. The van der Waals surface area contributed by atoms with Gasteiger partial charge in [0.05, 0.1) is 25.5 Å². The lowest BCUT2D eigenvalue weighted by Gasteiger charge is -2.16. The van der Waals surface area contributed by atoms with Crippen LogP contribution in [-0.2, 0) is 12.7 Å². The topological polar surface area (TPSA) is 82.5 Å². The van der Waals surface area contributed by atoms with Crippen LogP contribution in [-0.4, -0.2) is 29.9 Å². The number of aromatic nitrogens is 2. The van der Waals surface area contributed by atoms with E-state index in [1.165, 1.54) is 39.3 Å². The van der Waals surface area contributed by atoms with Crippen LogP contribution in [0.5, 0.6) is 11.5 Å². The molecule has 0 unspecified atom stereocenters. The Morgan fingerprint density at radius 2 is 1.69 bits per heavy atom. The van der Waals surface area contributed by atoms with Gasteiger partial charge in [0.2, 0.25) is 5.43 Å². The van der Waals surface area contributed by atoms with Gasteiger partial charge in [0.25, 0.3) is 5.91 Å². The van der Waals surface area contributed by atoms with Crippen LogP contribution in [0, 0.1) is 6.92 Å². The first-order valence-corrected chi connectivity index (χ1v) is 9.41. The molecule has 0 aliphatic heterocycles. The van der Waals surface area contributed by atoms with E-state index in [1.54, 1.807) is 18.2 Å². The normalized spacial score (nSPS) is 11.2. The summed E-state index contributed by atoms with van der Waals surface area (Å²) in [6.45, 7) is 1.45. The van der Waals surface area contributed by atoms with Crippen LogP contribution < -0.4 is 20.2 Å². The van der Waals surface area contributed by atoms with E-state index < -0.39 is 28.8 Å². The molecule has 1 amide bonds. The van der Waals surface area contributed by atoms with Crippen molar-refractivity contribution in [3.05, 3.63) is 81.3 Å². The van der Waals surface area contributed by atoms with Crippen LogP contribution in [0.25, 0.3) is 5.69 Å². The standard InChI is InChI=1S/C22H20F3N3O4/c1-13-8-19(29)20(27-28(13)18-7-5-4-6-17(18)22(23,24)25)21(30)26-12-14-9-15(31-2)11-16(10-14)32-3/h4-11H,12H2,1-3H3,(H,26,30). The van der Waals surface area contributed by atoms with Gasteiger partial charge in [-0.1, -0.05) is 12.1 Å². The fraction of sp³-hybridized carbons (Fsp3) is 0.227. The summed E-state index contributed by atoms with van der Waals surface area (Å²) >= 11 is 0. The van der Waals surface area contributed by atoms with E-state index in [4.69, 9.17) is 9.47 Å². The average molecular weight is 447 g/mol. The molecule has 10 heteroatoms. The number of nitrogens with zero attached hydrogens (tertiary/aromatic N) is 2. The summed E-state index contributed by atoms with van der Waals surface area (Å²) in [7, 11) is 2.96. The van der Waals surface area contributed by atoms with E-state index in [0.29, 0.717) is 17.1 Å². The SMILES string of the molecule is COc1cc(CNC(=O)c2nn(-c3ccccc3C(F)(F)F)c(C)cc2=O)cc(OC)c1. The van der Waals surface area contributed by atoms with Gasteiger partial charge in [-0.15, -0.1) is 0 Å². The molecule has 0 saturated carbocycles. The van der Waals surface area contributed by atoms with Crippen molar-refractivity contribution in [3.8, 4) is 17.2 Å². The number of para-hydroxylation sites is 1. The van der Waals surface area contributed by atoms with E-state index in [1.807, 2.05) is 0 Å². The second-order valence-electron chi connectivity index (χ2n) is 6.83. The molecule has 168 valence electrons. The molecule has 1 aromatic heterocycles. The maximum Gasteiger partial charge on any atom is 0.418 e. The largest absolute Gasteiger partial charge is 0.497 e. The minimum Gasteiger partial charge on any atom is -0.497 e. The number of carbonyl (C=O) groups excluding carboxylic acids is 1. The van der Waals surface area contributed by atoms with E-state index >= 15 is 0 Å². The average Bonchev–Trinajstić information content (AvgIpc) is 2.76. The Morgan fingerprint density at radius 1 is 1.06 bits per heavy atom. The van der Waals surface area contributed by atoms with Gasteiger partial charge in [-0.2, -0.15) is 18.3 Å². The van der Waals surface area contributed by atoms with Crippen LogP contribution in [0.3, 0.4) is 0 Å². The second-order valence-corrected chi connectivity index (χ2v) is 6.83. The molecule has 7 nitrogen and oxygen atoms in total. The van der Waals surface area contributed by atoms with E-state index in [9.17, 15) is 22.8 Å². The van der Waals surface area contributed by atoms with Gasteiger partial charge in [-0.05, 0) is 36.8 Å². The van der Waals surface area contributed by atoms with Gasteiger partial charge in [0.15, 0.2) is 5.69 Å². The Labute approximate surface area is 181 Å². The summed E-state index contributed by atoms with van der Waals surface area (Å²) in [5.41, 5.74) is -1.67. The van der Waals surface area contributed by atoms with Gasteiger partial charge in [-0.3, -0.25) is 9.59 Å². The lowest BCUT2D eigenvalue weighted by atomic mass is 10.1. The van der Waals surface area contributed by atoms with Crippen molar-refractivity contribution in [2.45, 2.75) is 19.6 Å². The molecule has 0 bridgehead atoms. The number of alkyl halides is 3. The predicted octanol–water partition coefficient (Wildman–Crippen LogP) is 3.51. The summed E-state index contributed by atoms with van der Waals surface area (Å²) in [6.07, 6.45) is -4.64. The third kappa shape index (κ3) is 4.90. The third-order valence-corrected chi connectivity index (χ3v) is 4.62. The van der Waals surface area contributed by atoms with E-state index in [0.717, 1.165) is 16.8 Å². The quantitative estimate of drug-likeness (QED) is 0.626. The smallest absolute Gasteiger partial charge is 0.418 e. The number of benzene rings is 2. The summed E-state index contributed by atoms with van der Waals surface area (Å²) < 4.78 is 51.6. The highest BCUT2D eigenvalue weighted by Gasteiger charge is 2.34. The number of hydrogen-bond acceptors (Lipinski definition) is 5. The first-order valence-electron chi connectivity index (χ1n) is 9.41. The first kappa shape index (κ1) is 22.9. The molecular weight excluding hydrogens is 427 g/mol. The number of halogens is 3. The molecule has 2 aromatic carbocycles. The first-order chi connectivity index (χ1) is 15.1. The van der Waals surface area contributed by atoms with Crippen LogP contribution >= 0.6 is 0 Å². The van der Waals surface area contributed by atoms with E-state index in [2.05, 4.69) is 10.4 Å². The number of carbonyl (C=O) groups is 1. The summed E-state index contributed by atoms with van der Waals surface area (Å²) in [4.78, 5) is 25.0. The highest BCUT2D eigenvalue weighted by molar-refractivity contribution is 5.92. The Bertz CT molecular complexity index is 1180. The van der Waals surface area contributed by atoms with Crippen molar-refractivity contribution < 1.29 is 27.4 Å². The second kappa shape index (κ2) is 9.13. The van der Waals surface area contributed by atoms with Gasteiger partial charge < -0.3 is 14.8 Å². The molecule has 3 rings (SSSR count). The molecule has 0 radical (unpaired) electrons. The van der Waals surface area contributed by atoms with Crippen molar-refractivity contribution in [3.63, 3.8) is 0 Å². The zero-order valence-corrected chi connectivity index (χ0v) is 17.5. The summed E-state index contributed by atoms with van der Waals surface area (Å²) in [5, 5.41) is 6.49. The summed E-state index contributed by atoms with van der Waals surface area (Å²) in [6, 6.07) is 10.9. The third-order valence-electron chi connectivity index (χ3n) is 4.62. The maximum atomic E-state index is 13.4. The molecule has 0 fully saturated rings. The fourth-order valence-electron chi connectivity index (χ4n) is 3.08. The Balaban J connectivity index is 1.94. The van der Waals surface area contributed by atoms with Gasteiger partial charge in [0.1, 0.15) is 11.5 Å². The van der Waals surface area contributed by atoms with Crippen molar-refractivity contribution in [1.29, 1.82) is 0 Å². The lowest BCUT2D eigenvalue weighted by Crippen LogP contribution is -2.32. The van der Waals surface area contributed by atoms with Crippen molar-refractivity contribution in [2.75, 3.05) is 14.2 Å². The van der Waals surface area contributed by atoms with Crippen LogP contribution in [0.15, 0.2) is 53.3 Å². The highest BCUT2D eigenvalue weighted by atomic mass is 19.4. The Hall–Kier alpha value is -3.82. The maximum absolute atomic E-state index is 13.4. The molecule has 1 N–H and O–H groups in total. The molecule has 1 heterocycles. The molecule has 0 spiro atoms.